The van der Waals surface area contributed by atoms with Crippen molar-refractivity contribution in [2.24, 2.45) is 0 Å². The van der Waals surface area contributed by atoms with Gasteiger partial charge in [0.15, 0.2) is 23.1 Å². The first-order valence-corrected chi connectivity index (χ1v) is 10.2. The van der Waals surface area contributed by atoms with Crippen molar-refractivity contribution in [2.45, 2.75) is 0 Å². The molecule has 0 atom stereocenters. The van der Waals surface area contributed by atoms with E-state index < -0.39 is 0 Å². The number of piperazine rings is 1. The lowest BCUT2D eigenvalue weighted by Gasteiger charge is -2.35. The highest BCUT2D eigenvalue weighted by molar-refractivity contribution is 5.90. The van der Waals surface area contributed by atoms with E-state index in [1.807, 2.05) is 30.3 Å². The Kier molecular flexibility index (Phi) is 6.49. The average molecular weight is 435 g/mol. The maximum atomic E-state index is 12.7. The van der Waals surface area contributed by atoms with Crippen molar-refractivity contribution in [1.29, 1.82) is 0 Å². The van der Waals surface area contributed by atoms with Gasteiger partial charge in [-0.2, -0.15) is 0 Å². The summed E-state index contributed by atoms with van der Waals surface area (Å²) in [6.07, 6.45) is 1.71. The monoisotopic (exact) mass is 435 g/mol. The van der Waals surface area contributed by atoms with Gasteiger partial charge in [0.2, 0.25) is 0 Å². The fourth-order valence-electron chi connectivity index (χ4n) is 3.38. The van der Waals surface area contributed by atoms with Crippen LogP contribution in [-0.4, -0.2) is 66.5 Å². The number of urea groups is 1. The number of amides is 2. The molecule has 0 unspecified atom stereocenters. The molecule has 0 radical (unpaired) electrons. The zero-order valence-corrected chi connectivity index (χ0v) is 18.0. The molecule has 3 heterocycles. The summed E-state index contributed by atoms with van der Waals surface area (Å²) in [5.41, 5.74) is 0.650. The molecular weight excluding hydrogens is 410 g/mol. The molecule has 0 bridgehead atoms. The van der Waals surface area contributed by atoms with Crippen molar-refractivity contribution in [3.05, 3.63) is 54.7 Å². The van der Waals surface area contributed by atoms with Crippen LogP contribution in [0.15, 0.2) is 54.7 Å². The summed E-state index contributed by atoms with van der Waals surface area (Å²) in [5, 5.41) is 14.6. The lowest BCUT2D eigenvalue weighted by molar-refractivity contribution is 0.208. The molecular formula is C22H25N7O3. The highest BCUT2D eigenvalue weighted by atomic mass is 16.5. The molecule has 1 aliphatic heterocycles. The van der Waals surface area contributed by atoms with Gasteiger partial charge in [0, 0.05) is 44.1 Å². The Hall–Kier alpha value is -4.08. The molecule has 0 aliphatic carbocycles. The van der Waals surface area contributed by atoms with Gasteiger partial charge in [0.05, 0.1) is 14.2 Å². The van der Waals surface area contributed by atoms with Gasteiger partial charge in [-0.05, 0) is 36.4 Å². The third kappa shape index (κ3) is 4.97. The molecule has 10 heteroatoms. The fourth-order valence-corrected chi connectivity index (χ4v) is 3.38. The van der Waals surface area contributed by atoms with Crippen LogP contribution < -0.4 is 25.0 Å². The smallest absolute Gasteiger partial charge is 0.321 e. The number of nitrogens with zero attached hydrogens (tertiary/aromatic N) is 5. The van der Waals surface area contributed by atoms with E-state index in [9.17, 15) is 4.79 Å². The molecule has 1 aliphatic rings. The first kappa shape index (κ1) is 21.2. The van der Waals surface area contributed by atoms with Crippen LogP contribution >= 0.6 is 0 Å². The van der Waals surface area contributed by atoms with Crippen LogP contribution in [0.2, 0.25) is 0 Å². The summed E-state index contributed by atoms with van der Waals surface area (Å²) >= 11 is 0. The topological polar surface area (TPSA) is 105 Å². The normalized spacial score (nSPS) is 13.4. The number of nitrogens with one attached hydrogen (secondary N) is 2. The van der Waals surface area contributed by atoms with Gasteiger partial charge in [0.25, 0.3) is 0 Å². The number of hydrogen-bond acceptors (Lipinski definition) is 8. The number of carbonyl (C=O) groups excluding carboxylic acids is 1. The summed E-state index contributed by atoms with van der Waals surface area (Å²) in [7, 11) is 3.14. The van der Waals surface area contributed by atoms with E-state index >= 15 is 0 Å². The second-order valence-corrected chi connectivity index (χ2v) is 7.09. The second-order valence-electron chi connectivity index (χ2n) is 7.09. The maximum Gasteiger partial charge on any atom is 0.321 e. The summed E-state index contributed by atoms with van der Waals surface area (Å²) < 4.78 is 10.5. The largest absolute Gasteiger partial charge is 0.493 e. The van der Waals surface area contributed by atoms with E-state index in [-0.39, 0.29) is 6.03 Å². The van der Waals surface area contributed by atoms with Gasteiger partial charge in [-0.25, -0.2) is 9.78 Å². The molecule has 10 nitrogen and oxygen atoms in total. The van der Waals surface area contributed by atoms with Crippen LogP contribution in [0.1, 0.15) is 0 Å². The van der Waals surface area contributed by atoms with E-state index in [1.54, 1.807) is 43.5 Å². The number of anilines is 4. The van der Waals surface area contributed by atoms with Gasteiger partial charge in [-0.1, -0.05) is 6.07 Å². The Morgan fingerprint density at radius 3 is 2.38 bits per heavy atom. The third-order valence-corrected chi connectivity index (χ3v) is 5.10. The maximum absolute atomic E-state index is 12.7. The van der Waals surface area contributed by atoms with Crippen molar-refractivity contribution < 1.29 is 14.3 Å². The van der Waals surface area contributed by atoms with Crippen LogP contribution in [0.4, 0.5) is 27.9 Å². The lowest BCUT2D eigenvalue weighted by Crippen LogP contribution is -2.50. The first-order chi connectivity index (χ1) is 15.7. The van der Waals surface area contributed by atoms with Crippen LogP contribution in [-0.2, 0) is 0 Å². The highest BCUT2D eigenvalue weighted by Gasteiger charge is 2.22. The molecule has 3 aromatic rings. The zero-order chi connectivity index (χ0) is 22.3. The molecule has 166 valence electrons. The molecule has 32 heavy (non-hydrogen) atoms. The minimum atomic E-state index is -0.155. The molecule has 0 spiro atoms. The third-order valence-electron chi connectivity index (χ3n) is 5.10. The second kappa shape index (κ2) is 9.82. The van der Waals surface area contributed by atoms with Gasteiger partial charge in [0.1, 0.15) is 5.82 Å². The standard InChI is InChI=1S/C22H25N7O3/c1-31-17-7-6-16(15-18(17)32-2)24-22(30)29-13-11-28(12-14-29)21-9-8-20(26-27-21)25-19-5-3-4-10-23-19/h3-10,15H,11-14H2,1-2H3,(H,24,30)(H,23,25,26). The molecule has 4 rings (SSSR count). The Balaban J connectivity index is 1.30. The molecule has 1 saturated heterocycles. The van der Waals surface area contributed by atoms with E-state index in [0.717, 1.165) is 5.82 Å². The number of aromatic nitrogens is 3. The van der Waals surface area contributed by atoms with E-state index in [4.69, 9.17) is 9.47 Å². The number of rotatable bonds is 6. The number of hydrogen-bond donors (Lipinski definition) is 2. The molecule has 2 aromatic heterocycles. The fraction of sp³-hybridized carbons (Fsp3) is 0.273. The van der Waals surface area contributed by atoms with Crippen molar-refractivity contribution in [3.63, 3.8) is 0 Å². The van der Waals surface area contributed by atoms with Gasteiger partial charge in [-0.3, -0.25) is 0 Å². The number of pyridine rings is 1. The molecule has 0 saturated carbocycles. The van der Waals surface area contributed by atoms with Crippen LogP contribution in [0.25, 0.3) is 0 Å². The lowest BCUT2D eigenvalue weighted by atomic mass is 10.2. The predicted molar refractivity (Wildman–Crippen MR) is 122 cm³/mol. The molecule has 1 fully saturated rings. The number of carbonyl (C=O) groups is 1. The average Bonchev–Trinajstić information content (AvgIpc) is 2.85. The Morgan fingerprint density at radius 1 is 0.906 bits per heavy atom. The predicted octanol–water partition coefficient (Wildman–Crippen LogP) is 2.99. The van der Waals surface area contributed by atoms with Crippen molar-refractivity contribution >= 4 is 29.2 Å². The van der Waals surface area contributed by atoms with Gasteiger partial charge in [-0.15, -0.1) is 10.2 Å². The van der Waals surface area contributed by atoms with Gasteiger partial charge < -0.3 is 29.9 Å². The van der Waals surface area contributed by atoms with E-state index in [1.165, 1.54) is 0 Å². The SMILES string of the molecule is COc1ccc(NC(=O)N2CCN(c3ccc(Nc4ccccn4)nn3)CC2)cc1OC. The van der Waals surface area contributed by atoms with Crippen molar-refractivity contribution in [1.82, 2.24) is 20.1 Å². The molecule has 2 N–H and O–H groups in total. The minimum absolute atomic E-state index is 0.155. The van der Waals surface area contributed by atoms with Crippen LogP contribution in [0.3, 0.4) is 0 Å². The van der Waals surface area contributed by atoms with Crippen LogP contribution in [0, 0.1) is 0 Å². The summed E-state index contributed by atoms with van der Waals surface area (Å²) in [5.74, 6) is 3.29. The highest BCUT2D eigenvalue weighted by Crippen LogP contribution is 2.30. The number of benzene rings is 1. The van der Waals surface area contributed by atoms with Crippen molar-refractivity contribution in [2.75, 3.05) is 55.9 Å². The number of methoxy groups -OCH3 is 2. The Bertz CT molecular complexity index is 1040. The minimum Gasteiger partial charge on any atom is -0.493 e. The van der Waals surface area contributed by atoms with Crippen LogP contribution in [0.5, 0.6) is 11.5 Å². The van der Waals surface area contributed by atoms with E-state index in [2.05, 4.69) is 30.7 Å². The summed E-state index contributed by atoms with van der Waals surface area (Å²) in [4.78, 5) is 20.8. The zero-order valence-electron chi connectivity index (χ0n) is 18.0. The Morgan fingerprint density at radius 2 is 1.72 bits per heavy atom. The summed E-state index contributed by atoms with van der Waals surface area (Å²) in [6.45, 7) is 2.49. The summed E-state index contributed by atoms with van der Waals surface area (Å²) in [6, 6.07) is 14.5. The van der Waals surface area contributed by atoms with Gasteiger partial charge >= 0.3 is 6.03 Å². The molecule has 1 aromatic carbocycles. The van der Waals surface area contributed by atoms with E-state index in [0.29, 0.717) is 55.0 Å². The molecule has 2 amide bonds. The number of ether oxygens (including phenoxy) is 2. The Labute approximate surface area is 186 Å². The quantitative estimate of drug-likeness (QED) is 0.609. The van der Waals surface area contributed by atoms with Crippen molar-refractivity contribution in [3.8, 4) is 11.5 Å². The first-order valence-electron chi connectivity index (χ1n) is 10.2.